The van der Waals surface area contributed by atoms with Gasteiger partial charge in [0.15, 0.2) is 11.5 Å². The number of hydrogen-bond donors (Lipinski definition) is 1. The molecule has 1 N–H and O–H groups in total. The van der Waals surface area contributed by atoms with Crippen LogP contribution in [-0.4, -0.2) is 24.4 Å². The summed E-state index contributed by atoms with van der Waals surface area (Å²) in [5, 5.41) is 9.92. The first kappa shape index (κ1) is 11.6. The maximum atomic E-state index is 9.36. The molecular weight excluding hydrogens is 228 g/mol. The summed E-state index contributed by atoms with van der Waals surface area (Å²) in [6, 6.07) is 3.73. The van der Waals surface area contributed by atoms with Gasteiger partial charge < -0.3 is 14.6 Å². The van der Waals surface area contributed by atoms with Crippen molar-refractivity contribution >= 4 is 11.6 Å². The summed E-state index contributed by atoms with van der Waals surface area (Å²) in [6.45, 7) is 3.00. The Bertz CT molecular complexity index is 377. The maximum Gasteiger partial charge on any atom is 0.180 e. The Balaban J connectivity index is 2.33. The molecular formula is C12H15ClO3. The highest BCUT2D eigenvalue weighted by Gasteiger charge is 2.17. The molecule has 1 heterocycles. The summed E-state index contributed by atoms with van der Waals surface area (Å²) < 4.78 is 11.1. The summed E-state index contributed by atoms with van der Waals surface area (Å²) in [4.78, 5) is 0. The average molecular weight is 243 g/mol. The van der Waals surface area contributed by atoms with Gasteiger partial charge in [-0.2, -0.15) is 0 Å². The van der Waals surface area contributed by atoms with Crippen molar-refractivity contribution in [2.24, 2.45) is 0 Å². The van der Waals surface area contributed by atoms with E-state index >= 15 is 0 Å². The second kappa shape index (κ2) is 4.93. The Morgan fingerprint density at radius 2 is 2.12 bits per heavy atom. The van der Waals surface area contributed by atoms with Gasteiger partial charge >= 0.3 is 0 Å². The third kappa shape index (κ3) is 2.42. The maximum absolute atomic E-state index is 9.36. The van der Waals surface area contributed by atoms with E-state index in [4.69, 9.17) is 21.1 Å². The van der Waals surface area contributed by atoms with Gasteiger partial charge in [0.05, 0.1) is 24.3 Å². The topological polar surface area (TPSA) is 38.7 Å². The number of fused-ring (bicyclic) bond motifs is 1. The van der Waals surface area contributed by atoms with E-state index in [1.54, 1.807) is 6.92 Å². The fourth-order valence-electron chi connectivity index (χ4n) is 1.72. The highest BCUT2D eigenvalue weighted by molar-refractivity contribution is 6.33. The molecule has 4 heteroatoms. The number of aliphatic hydroxyl groups is 1. The van der Waals surface area contributed by atoms with Gasteiger partial charge in [-0.1, -0.05) is 17.7 Å². The molecule has 0 bridgehead atoms. The minimum atomic E-state index is -0.415. The second-order valence-electron chi connectivity index (χ2n) is 3.97. The minimum Gasteiger partial charge on any atom is -0.490 e. The van der Waals surface area contributed by atoms with E-state index < -0.39 is 6.10 Å². The van der Waals surface area contributed by atoms with Crippen molar-refractivity contribution in [3.8, 4) is 11.5 Å². The van der Waals surface area contributed by atoms with Crippen molar-refractivity contribution in [3.05, 3.63) is 22.7 Å². The summed E-state index contributed by atoms with van der Waals surface area (Å²) in [5.41, 5.74) is 0.890. The Labute approximate surface area is 99.9 Å². The first-order chi connectivity index (χ1) is 7.68. The van der Waals surface area contributed by atoms with Gasteiger partial charge in [0.25, 0.3) is 0 Å². The van der Waals surface area contributed by atoms with E-state index in [1.807, 2.05) is 12.1 Å². The molecule has 0 saturated heterocycles. The third-order valence-electron chi connectivity index (χ3n) is 2.45. The van der Waals surface area contributed by atoms with Crippen molar-refractivity contribution in [2.45, 2.75) is 25.9 Å². The van der Waals surface area contributed by atoms with Crippen molar-refractivity contribution < 1.29 is 14.6 Å². The van der Waals surface area contributed by atoms with Crippen LogP contribution in [0.1, 0.15) is 18.9 Å². The molecule has 1 unspecified atom stereocenters. The Kier molecular flexibility index (Phi) is 3.56. The van der Waals surface area contributed by atoms with Crippen LogP contribution in [0.3, 0.4) is 0 Å². The Hall–Kier alpha value is -0.930. The van der Waals surface area contributed by atoms with E-state index in [2.05, 4.69) is 0 Å². The highest BCUT2D eigenvalue weighted by Crippen LogP contribution is 2.39. The van der Waals surface area contributed by atoms with Gasteiger partial charge in [-0.15, -0.1) is 0 Å². The zero-order valence-electron chi connectivity index (χ0n) is 9.20. The molecule has 0 spiro atoms. The molecule has 3 nitrogen and oxygen atoms in total. The normalized spacial score (nSPS) is 16.7. The van der Waals surface area contributed by atoms with Gasteiger partial charge in [-0.05, 0) is 25.0 Å². The molecule has 1 aliphatic rings. The molecule has 0 aromatic heterocycles. The predicted octanol–water partition coefficient (Wildman–Crippen LogP) is 2.42. The number of ether oxygens (including phenoxy) is 2. The lowest BCUT2D eigenvalue weighted by Gasteiger charge is -2.13. The largest absolute Gasteiger partial charge is 0.490 e. The molecule has 0 aliphatic carbocycles. The van der Waals surface area contributed by atoms with Crippen LogP contribution in [0.4, 0.5) is 0 Å². The van der Waals surface area contributed by atoms with Crippen molar-refractivity contribution in [3.63, 3.8) is 0 Å². The average Bonchev–Trinajstić information content (AvgIpc) is 2.47. The van der Waals surface area contributed by atoms with E-state index in [1.165, 1.54) is 0 Å². The standard InChI is InChI=1S/C12H15ClO3/c1-8(14)7-9-3-4-10-12(11(9)13)16-6-2-5-15-10/h3-4,8,14H,2,5-7H2,1H3. The predicted molar refractivity (Wildman–Crippen MR) is 62.4 cm³/mol. The lowest BCUT2D eigenvalue weighted by molar-refractivity contribution is 0.195. The summed E-state index contributed by atoms with van der Waals surface area (Å²) >= 11 is 6.23. The molecule has 0 radical (unpaired) electrons. The molecule has 1 atom stereocenters. The van der Waals surface area contributed by atoms with Crippen LogP contribution in [0.15, 0.2) is 12.1 Å². The van der Waals surface area contributed by atoms with E-state index in [9.17, 15) is 5.11 Å². The number of halogens is 1. The van der Waals surface area contributed by atoms with Crippen LogP contribution in [0.5, 0.6) is 11.5 Å². The molecule has 16 heavy (non-hydrogen) atoms. The van der Waals surface area contributed by atoms with Crippen LogP contribution in [0.25, 0.3) is 0 Å². The number of rotatable bonds is 2. The number of aliphatic hydroxyl groups excluding tert-OH is 1. The van der Waals surface area contributed by atoms with Crippen molar-refractivity contribution in [1.82, 2.24) is 0 Å². The van der Waals surface area contributed by atoms with Gasteiger partial charge in [0.1, 0.15) is 0 Å². The highest BCUT2D eigenvalue weighted by atomic mass is 35.5. The van der Waals surface area contributed by atoms with Gasteiger partial charge in [-0.3, -0.25) is 0 Å². The molecule has 0 fully saturated rings. The monoisotopic (exact) mass is 242 g/mol. The summed E-state index contributed by atoms with van der Waals surface area (Å²) in [7, 11) is 0. The first-order valence-electron chi connectivity index (χ1n) is 5.43. The van der Waals surface area contributed by atoms with Crippen molar-refractivity contribution in [2.75, 3.05) is 13.2 Å². The van der Waals surface area contributed by atoms with Crippen LogP contribution in [-0.2, 0) is 6.42 Å². The second-order valence-corrected chi connectivity index (χ2v) is 4.35. The molecule has 1 aliphatic heterocycles. The quantitative estimate of drug-likeness (QED) is 0.866. The van der Waals surface area contributed by atoms with Crippen LogP contribution in [0, 0.1) is 0 Å². The molecule has 2 rings (SSSR count). The SMILES string of the molecule is CC(O)Cc1ccc2c(c1Cl)OCCCO2. The van der Waals surface area contributed by atoms with Gasteiger partial charge in [-0.25, -0.2) is 0 Å². The Morgan fingerprint density at radius 3 is 2.88 bits per heavy atom. The summed E-state index contributed by atoms with van der Waals surface area (Å²) in [6.07, 6.45) is 0.967. The zero-order chi connectivity index (χ0) is 11.5. The van der Waals surface area contributed by atoms with Gasteiger partial charge in [0, 0.05) is 6.42 Å². The molecule has 0 saturated carbocycles. The van der Waals surface area contributed by atoms with Crippen LogP contribution >= 0.6 is 11.6 Å². The van der Waals surface area contributed by atoms with Gasteiger partial charge in [0.2, 0.25) is 0 Å². The zero-order valence-corrected chi connectivity index (χ0v) is 9.96. The van der Waals surface area contributed by atoms with E-state index in [-0.39, 0.29) is 0 Å². The van der Waals surface area contributed by atoms with Crippen molar-refractivity contribution in [1.29, 1.82) is 0 Å². The van der Waals surface area contributed by atoms with E-state index in [0.29, 0.717) is 36.2 Å². The molecule has 0 amide bonds. The van der Waals surface area contributed by atoms with Crippen LogP contribution in [0.2, 0.25) is 5.02 Å². The fraction of sp³-hybridized carbons (Fsp3) is 0.500. The fourth-order valence-corrected chi connectivity index (χ4v) is 2.01. The lowest BCUT2D eigenvalue weighted by Crippen LogP contribution is -2.05. The number of benzene rings is 1. The number of hydrogen-bond acceptors (Lipinski definition) is 3. The third-order valence-corrected chi connectivity index (χ3v) is 2.86. The summed E-state index contributed by atoms with van der Waals surface area (Å²) in [5.74, 6) is 1.30. The van der Waals surface area contributed by atoms with E-state index in [0.717, 1.165) is 12.0 Å². The lowest BCUT2D eigenvalue weighted by atomic mass is 10.1. The Morgan fingerprint density at radius 1 is 1.38 bits per heavy atom. The molecule has 88 valence electrons. The van der Waals surface area contributed by atoms with Crippen LogP contribution < -0.4 is 9.47 Å². The minimum absolute atomic E-state index is 0.415. The first-order valence-corrected chi connectivity index (χ1v) is 5.81. The smallest absolute Gasteiger partial charge is 0.180 e. The molecule has 1 aromatic carbocycles. The molecule has 1 aromatic rings.